The van der Waals surface area contributed by atoms with Gasteiger partial charge in [-0.05, 0) is 35.9 Å². The summed E-state index contributed by atoms with van der Waals surface area (Å²) in [7, 11) is 1.33. The lowest BCUT2D eigenvalue weighted by atomic mass is 10.1. The van der Waals surface area contributed by atoms with Gasteiger partial charge in [0.15, 0.2) is 5.82 Å². The molecule has 2 aromatic carbocycles. The van der Waals surface area contributed by atoms with Crippen molar-refractivity contribution in [2.75, 3.05) is 26.0 Å². The topological polar surface area (TPSA) is 108 Å². The number of hydrogen-bond acceptors (Lipinski definition) is 6. The molecule has 0 bridgehead atoms. The first kappa shape index (κ1) is 21.2. The normalized spacial score (nSPS) is 10.5. The van der Waals surface area contributed by atoms with Crippen LogP contribution in [0.4, 0.5) is 5.82 Å². The van der Waals surface area contributed by atoms with Gasteiger partial charge in [0.25, 0.3) is 5.91 Å². The van der Waals surface area contributed by atoms with E-state index in [-0.39, 0.29) is 23.9 Å². The highest BCUT2D eigenvalue weighted by atomic mass is 35.5. The first-order chi connectivity index (χ1) is 14.5. The minimum absolute atomic E-state index is 0.134. The van der Waals surface area contributed by atoms with Gasteiger partial charge in [-0.15, -0.1) is 0 Å². The number of nitrogens with two attached hydrogens (primary N) is 1. The molecule has 9 heteroatoms. The maximum atomic E-state index is 12.4. The van der Waals surface area contributed by atoms with Crippen LogP contribution in [0.15, 0.2) is 54.7 Å². The third-order valence-electron chi connectivity index (χ3n) is 4.21. The fourth-order valence-corrected chi connectivity index (χ4v) is 2.91. The van der Waals surface area contributed by atoms with E-state index in [2.05, 4.69) is 15.2 Å². The molecule has 1 heterocycles. The highest BCUT2D eigenvalue weighted by Crippen LogP contribution is 2.17. The van der Waals surface area contributed by atoms with Crippen LogP contribution in [0, 0.1) is 0 Å². The number of esters is 1. The van der Waals surface area contributed by atoms with Gasteiger partial charge in [-0.25, -0.2) is 4.79 Å². The second-order valence-electron chi connectivity index (χ2n) is 6.38. The van der Waals surface area contributed by atoms with E-state index in [1.165, 1.54) is 7.11 Å². The number of nitrogens with one attached hydrogen (secondary N) is 1. The predicted molar refractivity (Wildman–Crippen MR) is 113 cm³/mol. The molecule has 0 radical (unpaired) electrons. The summed E-state index contributed by atoms with van der Waals surface area (Å²) in [4.78, 5) is 23.9. The van der Waals surface area contributed by atoms with Crippen molar-refractivity contribution in [1.29, 1.82) is 0 Å². The lowest BCUT2D eigenvalue weighted by Gasteiger charge is -2.07. The van der Waals surface area contributed by atoms with E-state index in [0.29, 0.717) is 29.4 Å². The van der Waals surface area contributed by atoms with Crippen LogP contribution in [-0.4, -0.2) is 41.9 Å². The molecule has 156 valence electrons. The van der Waals surface area contributed by atoms with Crippen molar-refractivity contribution in [3.63, 3.8) is 0 Å². The van der Waals surface area contributed by atoms with Crippen LogP contribution in [0.25, 0.3) is 0 Å². The molecule has 0 unspecified atom stereocenters. The summed E-state index contributed by atoms with van der Waals surface area (Å²) in [6.07, 6.45) is 1.58. The highest BCUT2D eigenvalue weighted by Gasteiger charge is 2.14. The Kier molecular flexibility index (Phi) is 6.92. The molecule has 0 aliphatic carbocycles. The maximum Gasteiger partial charge on any atom is 0.337 e. The van der Waals surface area contributed by atoms with E-state index in [9.17, 15) is 9.59 Å². The Hall–Kier alpha value is -3.52. The number of nitrogen functional groups attached to an aromatic ring is 1. The molecular formula is C21H21ClN4O4. The smallest absolute Gasteiger partial charge is 0.337 e. The van der Waals surface area contributed by atoms with Gasteiger partial charge >= 0.3 is 5.97 Å². The Morgan fingerprint density at radius 3 is 2.67 bits per heavy atom. The molecule has 0 saturated heterocycles. The molecule has 3 rings (SSSR count). The Labute approximate surface area is 178 Å². The summed E-state index contributed by atoms with van der Waals surface area (Å²) in [6, 6.07) is 13.9. The summed E-state index contributed by atoms with van der Waals surface area (Å²) in [5, 5.41) is 7.51. The number of hydrogen-bond donors (Lipinski definition) is 2. The molecule has 0 spiro atoms. The number of rotatable bonds is 8. The van der Waals surface area contributed by atoms with Crippen LogP contribution in [0.1, 0.15) is 26.3 Å². The average molecular weight is 429 g/mol. The molecule has 0 aliphatic heterocycles. The highest BCUT2D eigenvalue weighted by molar-refractivity contribution is 6.30. The third-order valence-corrected chi connectivity index (χ3v) is 4.44. The van der Waals surface area contributed by atoms with Crippen LogP contribution in [0.5, 0.6) is 5.75 Å². The lowest BCUT2D eigenvalue weighted by Crippen LogP contribution is -2.28. The summed E-state index contributed by atoms with van der Waals surface area (Å²) >= 11 is 5.90. The summed E-state index contributed by atoms with van der Waals surface area (Å²) < 4.78 is 11.8. The Balaban J connectivity index is 1.53. The third kappa shape index (κ3) is 5.51. The number of carbonyl (C=O) groups excluding carboxylic acids is 2. The largest absolute Gasteiger partial charge is 0.492 e. The van der Waals surface area contributed by atoms with Crippen molar-refractivity contribution in [2.45, 2.75) is 6.54 Å². The van der Waals surface area contributed by atoms with Crippen molar-refractivity contribution in [3.05, 3.63) is 76.4 Å². The van der Waals surface area contributed by atoms with E-state index in [1.807, 2.05) is 0 Å². The number of benzene rings is 2. The van der Waals surface area contributed by atoms with Crippen molar-refractivity contribution in [2.24, 2.45) is 0 Å². The summed E-state index contributed by atoms with van der Waals surface area (Å²) in [5.41, 5.74) is 7.53. The number of aromatic nitrogens is 2. The van der Waals surface area contributed by atoms with Crippen LogP contribution in [0.3, 0.4) is 0 Å². The van der Waals surface area contributed by atoms with Crippen molar-refractivity contribution in [1.82, 2.24) is 15.1 Å². The molecule has 1 amide bonds. The number of carbonyl (C=O) groups is 2. The van der Waals surface area contributed by atoms with Gasteiger partial charge in [-0.3, -0.25) is 9.48 Å². The van der Waals surface area contributed by atoms with Gasteiger partial charge in [0.2, 0.25) is 0 Å². The lowest BCUT2D eigenvalue weighted by molar-refractivity contribution is 0.0600. The van der Waals surface area contributed by atoms with Gasteiger partial charge in [0.05, 0.1) is 25.8 Å². The van der Waals surface area contributed by atoms with E-state index in [4.69, 9.17) is 22.1 Å². The van der Waals surface area contributed by atoms with Crippen molar-refractivity contribution >= 4 is 29.3 Å². The molecule has 3 N–H and O–H groups in total. The molecule has 0 fully saturated rings. The Morgan fingerprint density at radius 1 is 1.20 bits per heavy atom. The van der Waals surface area contributed by atoms with Gasteiger partial charge in [0, 0.05) is 11.2 Å². The zero-order valence-corrected chi connectivity index (χ0v) is 17.1. The number of amides is 1. The summed E-state index contributed by atoms with van der Waals surface area (Å²) in [5.74, 6) is 0.0226. The monoisotopic (exact) mass is 428 g/mol. The first-order valence-corrected chi connectivity index (χ1v) is 9.51. The van der Waals surface area contributed by atoms with Crippen molar-refractivity contribution < 1.29 is 19.1 Å². The van der Waals surface area contributed by atoms with Crippen LogP contribution in [-0.2, 0) is 11.3 Å². The van der Waals surface area contributed by atoms with Gasteiger partial charge in [0.1, 0.15) is 17.9 Å². The van der Waals surface area contributed by atoms with E-state index < -0.39 is 5.97 Å². The first-order valence-electron chi connectivity index (χ1n) is 9.13. The Morgan fingerprint density at radius 2 is 1.97 bits per heavy atom. The number of nitrogens with zero attached hydrogens (tertiary/aromatic N) is 2. The van der Waals surface area contributed by atoms with E-state index >= 15 is 0 Å². The number of methoxy groups -OCH3 is 1. The van der Waals surface area contributed by atoms with Crippen LogP contribution in [0.2, 0.25) is 5.02 Å². The zero-order valence-electron chi connectivity index (χ0n) is 16.3. The zero-order chi connectivity index (χ0) is 21.5. The van der Waals surface area contributed by atoms with E-state index in [1.54, 1.807) is 59.4 Å². The second-order valence-corrected chi connectivity index (χ2v) is 6.81. The average Bonchev–Trinajstić information content (AvgIpc) is 3.11. The van der Waals surface area contributed by atoms with Gasteiger partial charge < -0.3 is 20.5 Å². The molecule has 3 aromatic rings. The van der Waals surface area contributed by atoms with Crippen LogP contribution >= 0.6 is 11.6 Å². The quantitative estimate of drug-likeness (QED) is 0.422. The fraction of sp³-hybridized carbons (Fsp3) is 0.190. The summed E-state index contributed by atoms with van der Waals surface area (Å²) in [6.45, 7) is 0.981. The molecule has 0 atom stereocenters. The number of anilines is 1. The van der Waals surface area contributed by atoms with Crippen LogP contribution < -0.4 is 15.8 Å². The minimum Gasteiger partial charge on any atom is -0.492 e. The fourth-order valence-electron chi connectivity index (χ4n) is 2.73. The Bertz CT molecular complexity index is 1030. The second kappa shape index (κ2) is 9.80. The SMILES string of the molecule is COC(=O)c1ccc(Cn2cc(C(=O)NCCOc3cccc(Cl)c3)c(N)n2)cc1. The maximum absolute atomic E-state index is 12.4. The van der Waals surface area contributed by atoms with Gasteiger partial charge in [-0.2, -0.15) is 5.10 Å². The molecule has 0 saturated carbocycles. The predicted octanol–water partition coefficient (Wildman–Crippen LogP) is 2.76. The molecule has 0 aliphatic rings. The molecular weight excluding hydrogens is 408 g/mol. The molecule has 1 aromatic heterocycles. The number of ether oxygens (including phenoxy) is 2. The minimum atomic E-state index is -0.400. The number of halogens is 1. The molecule has 30 heavy (non-hydrogen) atoms. The van der Waals surface area contributed by atoms with E-state index in [0.717, 1.165) is 5.56 Å². The van der Waals surface area contributed by atoms with Crippen molar-refractivity contribution in [3.8, 4) is 5.75 Å². The standard InChI is InChI=1S/C21H21ClN4O4/c1-29-21(28)15-7-5-14(6-8-15)12-26-13-18(19(23)25-26)20(27)24-9-10-30-17-4-2-3-16(22)11-17/h2-8,11,13H,9-10,12H2,1H3,(H2,23,25)(H,24,27). The molecule has 8 nitrogen and oxygen atoms in total. The van der Waals surface area contributed by atoms with Gasteiger partial charge in [-0.1, -0.05) is 29.8 Å².